The highest BCUT2D eigenvalue weighted by atomic mass is 31.2. The van der Waals surface area contributed by atoms with Crippen molar-refractivity contribution < 1.29 is 105 Å². The van der Waals surface area contributed by atoms with Crippen LogP contribution in [0, 0.1) is 0 Å². The Bertz CT molecular complexity index is 2370. The van der Waals surface area contributed by atoms with Crippen molar-refractivity contribution in [2.45, 2.75) is 352 Å². The summed E-state index contributed by atoms with van der Waals surface area (Å²) in [6, 6.07) is -3.20. The number of Topliss-reactive ketones (excluding diaryl/α,β-unsaturated/α-hetero) is 1. The Morgan fingerprint density at radius 2 is 0.798 bits per heavy atom. The summed E-state index contributed by atoms with van der Waals surface area (Å²) >= 11 is 0. The molecule has 0 radical (unpaired) electrons. The molecule has 30 heteroatoms. The summed E-state index contributed by atoms with van der Waals surface area (Å²) in [4.78, 5) is 134. The van der Waals surface area contributed by atoms with E-state index in [4.69, 9.17) is 46.7 Å². The van der Waals surface area contributed by atoms with Gasteiger partial charge in [-0.3, -0.25) is 42.9 Å². The van der Waals surface area contributed by atoms with Crippen LogP contribution < -0.4 is 16.0 Å². The Kier molecular flexibility index (Phi) is 57.1. The molecule has 0 bridgehead atoms. The molecule has 606 valence electrons. The van der Waals surface area contributed by atoms with E-state index in [-0.39, 0.29) is 76.1 Å². The van der Waals surface area contributed by atoms with Crippen LogP contribution in [0.25, 0.3) is 0 Å². The van der Waals surface area contributed by atoms with Gasteiger partial charge in [0.1, 0.15) is 48.8 Å². The number of carbonyl (C=O) groups excluding carboxylic acids is 8. The molecular formula is C74H138N5O22P3. The number of rotatable bonds is 66. The zero-order chi connectivity index (χ0) is 76.6. The van der Waals surface area contributed by atoms with E-state index in [1.165, 1.54) is 88.1 Å². The van der Waals surface area contributed by atoms with Crippen LogP contribution in [0.3, 0.4) is 0 Å². The van der Waals surface area contributed by atoms with Crippen LogP contribution in [0.5, 0.6) is 0 Å². The summed E-state index contributed by atoms with van der Waals surface area (Å²) in [6.45, 7) is 4.86. The zero-order valence-corrected chi connectivity index (χ0v) is 67.4. The number of nitrogens with zero attached hydrogens (tertiary/aromatic N) is 2. The van der Waals surface area contributed by atoms with Gasteiger partial charge in [0.25, 0.3) is 0 Å². The van der Waals surface area contributed by atoms with Gasteiger partial charge in [0.15, 0.2) is 24.8 Å². The van der Waals surface area contributed by atoms with E-state index in [2.05, 4.69) is 62.6 Å². The van der Waals surface area contributed by atoms with Gasteiger partial charge in [-0.1, -0.05) is 227 Å². The van der Waals surface area contributed by atoms with Gasteiger partial charge in [-0.05, 0) is 25.7 Å². The van der Waals surface area contributed by atoms with Gasteiger partial charge in [-0.2, -0.15) is 0 Å². The number of carbonyl (C=O) groups is 8. The molecule has 2 heterocycles. The second-order valence-electron chi connectivity index (χ2n) is 28.0. The summed E-state index contributed by atoms with van der Waals surface area (Å²) in [7, 11) is 1.58. The van der Waals surface area contributed by atoms with Gasteiger partial charge in [-0.15, -0.1) is 0 Å². The van der Waals surface area contributed by atoms with E-state index < -0.39 is 138 Å². The third-order valence-corrected chi connectivity index (χ3v) is 19.8. The van der Waals surface area contributed by atoms with Crippen molar-refractivity contribution in [1.29, 1.82) is 0 Å². The molecule has 0 aliphatic carbocycles. The second-order valence-corrected chi connectivity index (χ2v) is 29.8. The van der Waals surface area contributed by atoms with Crippen LogP contribution in [0.2, 0.25) is 0 Å². The van der Waals surface area contributed by atoms with Crippen LogP contribution in [0.1, 0.15) is 291 Å². The number of aliphatic hydroxyl groups excluding tert-OH is 1. The topological polar surface area (TPSA) is 349 Å². The molecule has 2 saturated heterocycles. The molecule has 2 aliphatic heterocycles. The molecule has 2 rings (SSSR count). The molecule has 0 saturated carbocycles. The van der Waals surface area contributed by atoms with Gasteiger partial charge in [0, 0.05) is 65.1 Å². The maximum Gasteiger partial charge on any atom is 0.470 e. The first-order chi connectivity index (χ1) is 50.2. The molecule has 12 atom stereocenters. The Morgan fingerprint density at radius 3 is 1.22 bits per heavy atom. The molecule has 2 aliphatic rings. The molecule has 0 aromatic carbocycles. The Balaban J connectivity index is 2.69. The van der Waals surface area contributed by atoms with Gasteiger partial charge in [0.2, 0.25) is 29.5 Å². The number of ketones is 1. The highest BCUT2D eigenvalue weighted by Crippen LogP contribution is 2.43. The summed E-state index contributed by atoms with van der Waals surface area (Å²) in [5.41, 5.74) is 0. The summed E-state index contributed by atoms with van der Waals surface area (Å²) < 4.78 is 73.0. The number of hydrogen-bond acceptors (Lipinski definition) is 20. The van der Waals surface area contributed by atoms with E-state index in [0.717, 1.165) is 135 Å². The average molecular weight is 1540 g/mol. The molecule has 0 aromatic rings. The first-order valence-electron chi connectivity index (χ1n) is 39.5. The first-order valence-corrected chi connectivity index (χ1v) is 42.0. The van der Waals surface area contributed by atoms with Crippen LogP contribution in [-0.4, -0.2) is 207 Å². The highest BCUT2D eigenvalue weighted by molar-refractivity contribution is 7.46. The average Bonchev–Trinajstić information content (AvgIpc) is 0.783. The van der Waals surface area contributed by atoms with Crippen molar-refractivity contribution in [3.05, 3.63) is 0 Å². The van der Waals surface area contributed by atoms with Crippen molar-refractivity contribution in [3.63, 3.8) is 0 Å². The number of likely N-dealkylation sites (N-methyl/N-ethyl adjacent to an activating group) is 2. The smallest absolute Gasteiger partial charge is 0.457 e. The lowest BCUT2D eigenvalue weighted by atomic mass is 9.95. The van der Waals surface area contributed by atoms with E-state index in [1.54, 1.807) is 0 Å². The van der Waals surface area contributed by atoms with Crippen molar-refractivity contribution in [3.8, 4) is 0 Å². The van der Waals surface area contributed by atoms with E-state index >= 15 is 0 Å². The number of unbranched alkanes of at least 4 members (excludes halogenated alkanes) is 31. The van der Waals surface area contributed by atoms with Crippen LogP contribution >= 0.6 is 26.8 Å². The number of phosphoric acid groups is 1. The predicted octanol–water partition coefficient (Wildman–Crippen LogP) is 11.4. The molecule has 27 nitrogen and oxygen atoms in total. The minimum atomic E-state index is -5.56. The third-order valence-electron chi connectivity index (χ3n) is 18.8. The van der Waals surface area contributed by atoms with Gasteiger partial charge < -0.3 is 82.8 Å². The maximum absolute atomic E-state index is 14.4. The number of esters is 2. The van der Waals surface area contributed by atoms with Crippen molar-refractivity contribution in [2.24, 2.45) is 0 Å². The van der Waals surface area contributed by atoms with Crippen molar-refractivity contribution in [2.75, 3.05) is 73.4 Å². The summed E-state index contributed by atoms with van der Waals surface area (Å²) in [5.74, 6) is -4.80. The lowest BCUT2D eigenvalue weighted by Crippen LogP contribution is -2.69. The lowest BCUT2D eigenvalue weighted by Gasteiger charge is -2.47. The number of ether oxygens (including phenoxy) is 7. The summed E-state index contributed by atoms with van der Waals surface area (Å²) in [5, 5.41) is 19.1. The SMILES string of the molecule is CCCCCCCCCCCC(=O)NCC(=O)O[C@@H]1[C@H](NC(=O)CN(C)C(=O)CCCCCCCCCCC)[C@@H](OCCOP)O[C@H](CO[C@@H]2O[C@H](CO)[C@@H](OP(=O)(O)O)[C@H](OC(=O)CCC(=O)CCCCCCCCCC)[C@@H]2NC(=O)CN(C)C(=O)CCCCCCCCCCC)[C@H]1OCCOP. The second kappa shape index (κ2) is 61.4. The van der Waals surface area contributed by atoms with Gasteiger partial charge in [0.05, 0.1) is 59.2 Å². The van der Waals surface area contributed by atoms with E-state index in [9.17, 15) is 57.8 Å². The molecule has 2 fully saturated rings. The maximum atomic E-state index is 14.4. The van der Waals surface area contributed by atoms with Crippen LogP contribution in [0.15, 0.2) is 0 Å². The van der Waals surface area contributed by atoms with Gasteiger partial charge >= 0.3 is 19.8 Å². The van der Waals surface area contributed by atoms with Crippen LogP contribution in [-0.2, 0) is 89.7 Å². The largest absolute Gasteiger partial charge is 0.470 e. The third kappa shape index (κ3) is 45.6. The normalized spacial score (nSPS) is 20.4. The molecule has 6 N–H and O–H groups in total. The molecule has 0 aromatic heterocycles. The van der Waals surface area contributed by atoms with Crippen LogP contribution in [0.4, 0.5) is 0 Å². The number of phosphoric ester groups is 1. The predicted molar refractivity (Wildman–Crippen MR) is 403 cm³/mol. The molecule has 0 spiro atoms. The fraction of sp³-hybridized carbons (Fsp3) is 0.892. The quantitative estimate of drug-likeness (QED) is 0.0187. The highest BCUT2D eigenvalue weighted by Gasteiger charge is 2.54. The minimum absolute atomic E-state index is 0.0331. The summed E-state index contributed by atoms with van der Waals surface area (Å²) in [6.07, 6.45) is 22.3. The van der Waals surface area contributed by atoms with Gasteiger partial charge in [-0.25, -0.2) is 4.57 Å². The molecule has 104 heavy (non-hydrogen) atoms. The standard InChI is InChI=1S/C74H138N5O22P3/c1-7-11-15-19-23-27-31-35-39-43-60(82)75-52-66(88)100-71-67(76-61(83)53-78(5)63(85)44-40-36-32-28-24-20-16-12-8-2)73(93-49-51-96-103)98-59(69(71)92-48-50-95-102)56-94-74-68(77-62(84)54-79(6)64(86)45-41-37-33-29-25-21-17-13-9-3)72(70(58(55-80)97-74)101-104(89,90)91)99-65(87)47-46-57(81)42-38-34-30-26-22-18-14-10-4/h58-59,67-74,80H,7-56,102-103H2,1-6H3,(H,75,82)(H,76,83)(H,77,84)(H2,89,90,91)/t58-,59-,67+,68+,69-,70-,71-,72-,73+,74-/m1/s1. The minimum Gasteiger partial charge on any atom is -0.457 e. The Morgan fingerprint density at radius 1 is 0.423 bits per heavy atom. The lowest BCUT2D eigenvalue weighted by molar-refractivity contribution is -0.308. The molecular weight excluding hydrogens is 1400 g/mol. The van der Waals surface area contributed by atoms with E-state index in [1.807, 2.05) is 0 Å². The molecule has 5 amide bonds. The first kappa shape index (κ1) is 96.7. The fourth-order valence-corrected chi connectivity index (χ4v) is 13.6. The monoisotopic (exact) mass is 1540 g/mol. The number of hydrogen-bond donors (Lipinski definition) is 6. The molecule has 2 unspecified atom stereocenters. The Hall–Kier alpha value is -3.39. The zero-order valence-electron chi connectivity index (χ0n) is 64.2. The number of nitrogens with one attached hydrogen (secondary N) is 3. The Labute approximate surface area is 627 Å². The fourth-order valence-electron chi connectivity index (χ4n) is 12.8. The van der Waals surface area contributed by atoms with E-state index in [0.29, 0.717) is 25.7 Å². The number of aliphatic hydroxyl groups is 1. The number of amides is 5. The van der Waals surface area contributed by atoms with Crippen molar-refractivity contribution >= 4 is 74.0 Å². The van der Waals surface area contributed by atoms with Crippen molar-refractivity contribution in [1.82, 2.24) is 25.8 Å².